The minimum absolute atomic E-state index is 0.126. The Kier molecular flexibility index (Phi) is 5.08. The highest BCUT2D eigenvalue weighted by Gasteiger charge is 2.43. The van der Waals surface area contributed by atoms with Crippen LogP contribution in [0.2, 0.25) is 0 Å². The van der Waals surface area contributed by atoms with Gasteiger partial charge >= 0.3 is 0 Å². The van der Waals surface area contributed by atoms with Crippen LogP contribution in [0.4, 0.5) is 0 Å². The zero-order chi connectivity index (χ0) is 15.4. The number of nitrogens with zero attached hydrogens (tertiary/aromatic N) is 3. The van der Waals surface area contributed by atoms with Crippen LogP contribution in [0.25, 0.3) is 0 Å². The molecule has 2 aliphatic heterocycles. The number of pyridine rings is 1. The first-order chi connectivity index (χ1) is 10.7. The lowest BCUT2D eigenvalue weighted by atomic mass is 9.94. The standard InChI is InChI=1S/C17H27N3O2/c1-19(2)10-16-8-17(22-12-16)13-20(6-7-21-14-17)11-15-4-3-5-18-9-15/h3-5,9,16H,6-8,10-14H2,1-2H3/t16-,17-/m1/s1. The number of hydrogen-bond acceptors (Lipinski definition) is 5. The van der Waals surface area contributed by atoms with Gasteiger partial charge in [-0.3, -0.25) is 9.88 Å². The van der Waals surface area contributed by atoms with Gasteiger partial charge in [-0.05, 0) is 38.1 Å². The third-order valence-corrected chi connectivity index (χ3v) is 4.47. The molecule has 2 saturated heterocycles. The van der Waals surface area contributed by atoms with Crippen molar-refractivity contribution in [2.45, 2.75) is 18.6 Å². The van der Waals surface area contributed by atoms with E-state index in [1.54, 1.807) is 0 Å². The Hall–Kier alpha value is -1.01. The van der Waals surface area contributed by atoms with Crippen LogP contribution in [-0.2, 0) is 16.0 Å². The van der Waals surface area contributed by atoms with Crippen LogP contribution in [0.1, 0.15) is 12.0 Å². The molecular formula is C17H27N3O2. The Morgan fingerprint density at radius 1 is 1.45 bits per heavy atom. The first-order valence-corrected chi connectivity index (χ1v) is 8.13. The largest absolute Gasteiger partial charge is 0.377 e. The van der Waals surface area contributed by atoms with Gasteiger partial charge in [-0.1, -0.05) is 6.07 Å². The van der Waals surface area contributed by atoms with Gasteiger partial charge in [0.15, 0.2) is 0 Å². The van der Waals surface area contributed by atoms with Crippen LogP contribution in [0.5, 0.6) is 0 Å². The van der Waals surface area contributed by atoms with E-state index in [0.29, 0.717) is 5.92 Å². The van der Waals surface area contributed by atoms with Crippen molar-refractivity contribution in [3.05, 3.63) is 30.1 Å². The van der Waals surface area contributed by atoms with E-state index in [2.05, 4.69) is 34.9 Å². The molecule has 1 aromatic heterocycles. The maximum Gasteiger partial charge on any atom is 0.104 e. The van der Waals surface area contributed by atoms with Crippen molar-refractivity contribution >= 4 is 0 Å². The Labute approximate surface area is 133 Å². The summed E-state index contributed by atoms with van der Waals surface area (Å²) in [5.74, 6) is 0.608. The van der Waals surface area contributed by atoms with Crippen molar-refractivity contribution < 1.29 is 9.47 Å². The van der Waals surface area contributed by atoms with Crippen molar-refractivity contribution in [3.63, 3.8) is 0 Å². The summed E-state index contributed by atoms with van der Waals surface area (Å²) in [6.07, 6.45) is 4.86. The highest BCUT2D eigenvalue weighted by atomic mass is 16.5. The number of rotatable bonds is 4. The molecule has 5 nitrogen and oxygen atoms in total. The van der Waals surface area contributed by atoms with Crippen LogP contribution in [0.15, 0.2) is 24.5 Å². The molecule has 0 aromatic carbocycles. The van der Waals surface area contributed by atoms with Gasteiger partial charge in [-0.2, -0.15) is 0 Å². The fourth-order valence-electron chi connectivity index (χ4n) is 3.65. The van der Waals surface area contributed by atoms with Crippen LogP contribution in [-0.4, -0.2) is 73.9 Å². The van der Waals surface area contributed by atoms with Crippen molar-refractivity contribution in [1.82, 2.24) is 14.8 Å². The summed E-state index contributed by atoms with van der Waals surface area (Å²) in [6.45, 7) is 6.27. The maximum atomic E-state index is 6.23. The van der Waals surface area contributed by atoms with Crippen LogP contribution in [0.3, 0.4) is 0 Å². The van der Waals surface area contributed by atoms with Gasteiger partial charge < -0.3 is 14.4 Å². The van der Waals surface area contributed by atoms with Gasteiger partial charge in [0.2, 0.25) is 0 Å². The number of aromatic nitrogens is 1. The van der Waals surface area contributed by atoms with Gasteiger partial charge in [-0.15, -0.1) is 0 Å². The van der Waals surface area contributed by atoms with Crippen molar-refractivity contribution in [2.75, 3.05) is 53.6 Å². The Morgan fingerprint density at radius 2 is 2.36 bits per heavy atom. The van der Waals surface area contributed by atoms with Crippen LogP contribution in [0, 0.1) is 5.92 Å². The SMILES string of the molecule is CN(C)C[C@@H]1CO[C@]2(COCCN(Cc3cccnc3)C2)C1. The van der Waals surface area contributed by atoms with Gasteiger partial charge in [0.25, 0.3) is 0 Å². The predicted molar refractivity (Wildman–Crippen MR) is 85.7 cm³/mol. The highest BCUT2D eigenvalue weighted by Crippen LogP contribution is 2.33. The molecule has 0 aliphatic carbocycles. The molecule has 0 radical (unpaired) electrons. The molecule has 3 rings (SSSR count). The summed E-state index contributed by atoms with van der Waals surface area (Å²) < 4.78 is 12.1. The summed E-state index contributed by atoms with van der Waals surface area (Å²) in [7, 11) is 4.26. The monoisotopic (exact) mass is 305 g/mol. The van der Waals surface area contributed by atoms with E-state index < -0.39 is 0 Å². The molecule has 2 atom stereocenters. The molecule has 0 bridgehead atoms. The lowest BCUT2D eigenvalue weighted by Crippen LogP contribution is -2.44. The van der Waals surface area contributed by atoms with E-state index in [4.69, 9.17) is 9.47 Å². The average Bonchev–Trinajstić information content (AvgIpc) is 2.75. The molecule has 5 heteroatoms. The molecule has 3 heterocycles. The van der Waals surface area contributed by atoms with E-state index >= 15 is 0 Å². The molecule has 2 fully saturated rings. The topological polar surface area (TPSA) is 37.8 Å². The minimum Gasteiger partial charge on any atom is -0.377 e. The predicted octanol–water partition coefficient (Wildman–Crippen LogP) is 1.25. The normalized spacial score (nSPS) is 30.0. The van der Waals surface area contributed by atoms with Crippen molar-refractivity contribution in [1.29, 1.82) is 0 Å². The summed E-state index contributed by atoms with van der Waals surface area (Å²) >= 11 is 0. The molecule has 2 aliphatic rings. The maximum absolute atomic E-state index is 6.23. The van der Waals surface area contributed by atoms with E-state index in [1.165, 1.54) is 5.56 Å². The van der Waals surface area contributed by atoms with E-state index in [9.17, 15) is 0 Å². The Balaban J connectivity index is 1.63. The molecule has 1 spiro atoms. The second-order valence-electron chi connectivity index (χ2n) is 6.95. The van der Waals surface area contributed by atoms with E-state index in [1.807, 2.05) is 18.5 Å². The fourth-order valence-corrected chi connectivity index (χ4v) is 3.65. The molecule has 0 amide bonds. The first kappa shape index (κ1) is 15.9. The number of ether oxygens (including phenoxy) is 2. The van der Waals surface area contributed by atoms with E-state index in [0.717, 1.165) is 52.4 Å². The Bertz CT molecular complexity index is 468. The van der Waals surface area contributed by atoms with Gasteiger partial charge in [0.1, 0.15) is 5.60 Å². The van der Waals surface area contributed by atoms with Gasteiger partial charge in [0, 0.05) is 38.6 Å². The minimum atomic E-state index is -0.126. The van der Waals surface area contributed by atoms with Gasteiger partial charge in [-0.25, -0.2) is 0 Å². The molecular weight excluding hydrogens is 278 g/mol. The molecule has 1 aromatic rings. The molecule has 0 N–H and O–H groups in total. The average molecular weight is 305 g/mol. The third-order valence-electron chi connectivity index (χ3n) is 4.47. The van der Waals surface area contributed by atoms with E-state index in [-0.39, 0.29) is 5.60 Å². The summed E-state index contributed by atoms with van der Waals surface area (Å²) in [5.41, 5.74) is 1.13. The lowest BCUT2D eigenvalue weighted by Gasteiger charge is -2.31. The van der Waals surface area contributed by atoms with Crippen LogP contribution >= 0.6 is 0 Å². The van der Waals surface area contributed by atoms with Crippen molar-refractivity contribution in [3.8, 4) is 0 Å². The zero-order valence-electron chi connectivity index (χ0n) is 13.7. The molecule has 0 unspecified atom stereocenters. The third kappa shape index (κ3) is 4.04. The molecule has 122 valence electrons. The lowest BCUT2D eigenvalue weighted by molar-refractivity contribution is -0.0563. The zero-order valence-corrected chi connectivity index (χ0v) is 13.7. The van der Waals surface area contributed by atoms with Crippen LogP contribution < -0.4 is 0 Å². The second-order valence-corrected chi connectivity index (χ2v) is 6.95. The second kappa shape index (κ2) is 7.04. The molecule has 0 saturated carbocycles. The highest BCUT2D eigenvalue weighted by molar-refractivity contribution is 5.08. The summed E-state index contributed by atoms with van der Waals surface area (Å²) in [6, 6.07) is 4.13. The summed E-state index contributed by atoms with van der Waals surface area (Å²) in [4.78, 5) is 8.91. The first-order valence-electron chi connectivity index (χ1n) is 8.13. The quantitative estimate of drug-likeness (QED) is 0.837. The summed E-state index contributed by atoms with van der Waals surface area (Å²) in [5, 5.41) is 0. The smallest absolute Gasteiger partial charge is 0.104 e. The fraction of sp³-hybridized carbons (Fsp3) is 0.706. The number of hydrogen-bond donors (Lipinski definition) is 0. The Morgan fingerprint density at radius 3 is 3.14 bits per heavy atom. The molecule has 22 heavy (non-hydrogen) atoms. The van der Waals surface area contributed by atoms with Gasteiger partial charge in [0.05, 0.1) is 19.8 Å². The van der Waals surface area contributed by atoms with Crippen molar-refractivity contribution in [2.24, 2.45) is 5.92 Å².